The van der Waals surface area contributed by atoms with Crippen molar-refractivity contribution in [1.82, 2.24) is 0 Å². The molecule has 0 aromatic heterocycles. The summed E-state index contributed by atoms with van der Waals surface area (Å²) in [6.45, 7) is 5.39. The highest BCUT2D eigenvalue weighted by molar-refractivity contribution is 5.87. The van der Waals surface area contributed by atoms with Gasteiger partial charge >= 0.3 is 5.97 Å². The summed E-state index contributed by atoms with van der Waals surface area (Å²) in [6.07, 6.45) is 8.31. The van der Waals surface area contributed by atoms with Gasteiger partial charge in [-0.2, -0.15) is 0 Å². The number of hydrogen-bond acceptors (Lipinski definition) is 2. The number of fused-ring (bicyclic) bond motifs is 1. The van der Waals surface area contributed by atoms with E-state index in [1.54, 1.807) is 13.0 Å². The van der Waals surface area contributed by atoms with Gasteiger partial charge in [0.25, 0.3) is 0 Å². The predicted octanol–water partition coefficient (Wildman–Crippen LogP) is 5.06. The summed E-state index contributed by atoms with van der Waals surface area (Å²) in [6, 6.07) is 4.96. The van der Waals surface area contributed by atoms with E-state index in [-0.39, 0.29) is 17.7 Å². The fourth-order valence-corrected chi connectivity index (χ4v) is 4.27. The molecule has 124 valence electrons. The van der Waals surface area contributed by atoms with Gasteiger partial charge < -0.3 is 4.74 Å². The van der Waals surface area contributed by atoms with Crippen LogP contribution in [0.1, 0.15) is 63.0 Å². The van der Waals surface area contributed by atoms with Gasteiger partial charge in [0.1, 0.15) is 11.4 Å². The van der Waals surface area contributed by atoms with E-state index in [0.717, 1.165) is 56.1 Å². The minimum atomic E-state index is -0.674. The second kappa shape index (κ2) is 6.46. The van der Waals surface area contributed by atoms with Crippen molar-refractivity contribution in [3.05, 3.63) is 47.3 Å². The Morgan fingerprint density at radius 2 is 2.00 bits per heavy atom. The van der Waals surface area contributed by atoms with E-state index in [2.05, 4.69) is 6.58 Å². The standard InChI is InChI=1S/C20H25FO2/c1-14(2)19(22)23-20(16-8-4-3-5-9-16)12-6-7-15-10-11-17(21)13-18(15)20/h10-11,13,16H,1,3-9,12H2,2H3. The van der Waals surface area contributed by atoms with Crippen LogP contribution in [0.15, 0.2) is 30.4 Å². The predicted molar refractivity (Wildman–Crippen MR) is 88.5 cm³/mol. The molecule has 1 atom stereocenters. The summed E-state index contributed by atoms with van der Waals surface area (Å²) >= 11 is 0. The maximum absolute atomic E-state index is 13.9. The van der Waals surface area contributed by atoms with Crippen molar-refractivity contribution in [2.45, 2.75) is 63.9 Å². The van der Waals surface area contributed by atoms with Gasteiger partial charge in [-0.1, -0.05) is 31.9 Å². The Morgan fingerprint density at radius 3 is 2.70 bits per heavy atom. The van der Waals surface area contributed by atoms with Gasteiger partial charge in [0, 0.05) is 17.1 Å². The third-order valence-electron chi connectivity index (χ3n) is 5.41. The molecule has 3 rings (SSSR count). The first kappa shape index (κ1) is 16.2. The number of ether oxygens (including phenoxy) is 1. The fraction of sp³-hybridized carbons (Fsp3) is 0.550. The smallest absolute Gasteiger partial charge is 0.334 e. The van der Waals surface area contributed by atoms with E-state index in [4.69, 9.17) is 4.74 Å². The van der Waals surface area contributed by atoms with E-state index in [0.29, 0.717) is 5.57 Å². The quantitative estimate of drug-likeness (QED) is 0.576. The summed E-state index contributed by atoms with van der Waals surface area (Å²) in [5.74, 6) is -0.328. The van der Waals surface area contributed by atoms with Gasteiger partial charge in [0.05, 0.1) is 0 Å². The van der Waals surface area contributed by atoms with E-state index >= 15 is 0 Å². The van der Waals surface area contributed by atoms with Crippen LogP contribution in [0.3, 0.4) is 0 Å². The van der Waals surface area contributed by atoms with Gasteiger partial charge in [-0.15, -0.1) is 0 Å². The van der Waals surface area contributed by atoms with Gasteiger partial charge in [-0.3, -0.25) is 0 Å². The van der Waals surface area contributed by atoms with E-state index in [9.17, 15) is 9.18 Å². The minimum absolute atomic E-state index is 0.253. The van der Waals surface area contributed by atoms with Gasteiger partial charge in [0.2, 0.25) is 0 Å². The van der Waals surface area contributed by atoms with Crippen LogP contribution in [0.2, 0.25) is 0 Å². The van der Waals surface area contributed by atoms with Gasteiger partial charge in [-0.25, -0.2) is 9.18 Å². The number of carbonyl (C=O) groups is 1. The summed E-state index contributed by atoms with van der Waals surface area (Å²) in [5.41, 5.74) is 1.75. The normalized spacial score (nSPS) is 24.8. The Bertz CT molecular complexity index is 616. The minimum Gasteiger partial charge on any atom is -0.451 e. The SMILES string of the molecule is C=C(C)C(=O)OC1(C2CCCCC2)CCCc2ccc(F)cc21. The molecule has 2 aliphatic carbocycles. The molecular formula is C20H25FO2. The lowest BCUT2D eigenvalue weighted by atomic mass is 9.67. The maximum Gasteiger partial charge on any atom is 0.334 e. The third kappa shape index (κ3) is 3.06. The second-order valence-corrected chi connectivity index (χ2v) is 7.05. The van der Waals surface area contributed by atoms with Crippen molar-refractivity contribution >= 4 is 5.97 Å². The Labute approximate surface area is 137 Å². The number of benzene rings is 1. The summed E-state index contributed by atoms with van der Waals surface area (Å²) < 4.78 is 20.0. The Hall–Kier alpha value is -1.64. The molecule has 0 radical (unpaired) electrons. The highest BCUT2D eigenvalue weighted by Crippen LogP contribution is 2.49. The van der Waals surface area contributed by atoms with Crippen LogP contribution in [0.4, 0.5) is 4.39 Å². The molecule has 1 saturated carbocycles. The van der Waals surface area contributed by atoms with E-state index in [1.165, 1.54) is 12.5 Å². The van der Waals surface area contributed by atoms with Crippen LogP contribution in [0.5, 0.6) is 0 Å². The molecule has 0 aliphatic heterocycles. The van der Waals surface area contributed by atoms with Crippen LogP contribution in [-0.2, 0) is 21.6 Å². The zero-order valence-corrected chi connectivity index (χ0v) is 13.9. The molecule has 0 saturated heterocycles. The number of rotatable bonds is 3. The van der Waals surface area contributed by atoms with Crippen molar-refractivity contribution in [2.24, 2.45) is 5.92 Å². The number of aryl methyl sites for hydroxylation is 1. The van der Waals surface area contributed by atoms with Crippen LogP contribution >= 0.6 is 0 Å². The molecule has 2 nitrogen and oxygen atoms in total. The fourth-order valence-electron chi connectivity index (χ4n) is 4.27. The van der Waals surface area contributed by atoms with Gasteiger partial charge in [-0.05, 0) is 56.7 Å². The first-order chi connectivity index (χ1) is 11.0. The Balaban J connectivity index is 2.07. The Morgan fingerprint density at radius 1 is 1.26 bits per heavy atom. The molecular weight excluding hydrogens is 291 g/mol. The molecule has 0 bridgehead atoms. The molecule has 2 aliphatic rings. The zero-order chi connectivity index (χ0) is 16.4. The van der Waals surface area contributed by atoms with Crippen LogP contribution < -0.4 is 0 Å². The first-order valence-electron chi connectivity index (χ1n) is 8.71. The molecule has 0 spiro atoms. The molecule has 0 heterocycles. The van der Waals surface area contributed by atoms with Crippen LogP contribution in [-0.4, -0.2) is 5.97 Å². The second-order valence-electron chi connectivity index (χ2n) is 7.05. The molecule has 1 unspecified atom stereocenters. The van der Waals surface area contributed by atoms with Crippen molar-refractivity contribution < 1.29 is 13.9 Å². The molecule has 1 aromatic carbocycles. The molecule has 3 heteroatoms. The third-order valence-corrected chi connectivity index (χ3v) is 5.41. The molecule has 23 heavy (non-hydrogen) atoms. The average Bonchev–Trinajstić information content (AvgIpc) is 2.56. The maximum atomic E-state index is 13.9. The van der Waals surface area contributed by atoms with Crippen molar-refractivity contribution in [2.75, 3.05) is 0 Å². The highest BCUT2D eigenvalue weighted by Gasteiger charge is 2.47. The number of carbonyl (C=O) groups excluding carboxylic acids is 1. The summed E-state index contributed by atoms with van der Waals surface area (Å²) in [5, 5.41) is 0. The molecule has 1 aromatic rings. The monoisotopic (exact) mass is 316 g/mol. The lowest BCUT2D eigenvalue weighted by molar-refractivity contribution is -0.168. The molecule has 0 N–H and O–H groups in total. The van der Waals surface area contributed by atoms with Crippen molar-refractivity contribution in [1.29, 1.82) is 0 Å². The average molecular weight is 316 g/mol. The highest BCUT2D eigenvalue weighted by atomic mass is 19.1. The van der Waals surface area contributed by atoms with E-state index in [1.807, 2.05) is 6.07 Å². The van der Waals surface area contributed by atoms with Crippen LogP contribution in [0, 0.1) is 11.7 Å². The zero-order valence-electron chi connectivity index (χ0n) is 13.9. The van der Waals surface area contributed by atoms with Crippen molar-refractivity contribution in [3.8, 4) is 0 Å². The molecule has 0 amide bonds. The van der Waals surface area contributed by atoms with Gasteiger partial charge in [0.15, 0.2) is 0 Å². The summed E-state index contributed by atoms with van der Waals surface area (Å²) in [4.78, 5) is 12.3. The molecule has 1 fully saturated rings. The lowest BCUT2D eigenvalue weighted by Gasteiger charge is -2.45. The number of hydrogen-bond donors (Lipinski definition) is 0. The number of halogens is 1. The number of esters is 1. The van der Waals surface area contributed by atoms with Crippen molar-refractivity contribution in [3.63, 3.8) is 0 Å². The largest absolute Gasteiger partial charge is 0.451 e. The first-order valence-corrected chi connectivity index (χ1v) is 8.71. The van der Waals surface area contributed by atoms with Crippen LogP contribution in [0.25, 0.3) is 0 Å². The topological polar surface area (TPSA) is 26.3 Å². The summed E-state index contributed by atoms with van der Waals surface area (Å²) in [7, 11) is 0. The lowest BCUT2D eigenvalue weighted by Crippen LogP contribution is -2.44. The Kier molecular flexibility index (Phi) is 4.56. The van der Waals surface area contributed by atoms with E-state index < -0.39 is 5.60 Å².